The van der Waals surface area contributed by atoms with Crippen molar-refractivity contribution in [1.29, 1.82) is 0 Å². The van der Waals surface area contributed by atoms with Crippen LogP contribution >= 0.6 is 0 Å². The van der Waals surface area contributed by atoms with Crippen LogP contribution in [0, 0.1) is 5.92 Å². The maximum atomic E-state index is 12.2. The smallest absolute Gasteiger partial charge is 0.240 e. The molecule has 1 aliphatic rings. The van der Waals surface area contributed by atoms with Gasteiger partial charge in [-0.3, -0.25) is 4.79 Å². The van der Waals surface area contributed by atoms with Crippen molar-refractivity contribution in [3.63, 3.8) is 0 Å². The minimum Gasteiger partial charge on any atom is -0.342 e. The number of rotatable bonds is 5. The molecule has 1 unspecified atom stereocenters. The van der Waals surface area contributed by atoms with Crippen molar-refractivity contribution in [1.82, 2.24) is 9.62 Å². The molecule has 1 N–H and O–H groups in total. The van der Waals surface area contributed by atoms with Gasteiger partial charge in [0.05, 0.1) is 4.90 Å². The van der Waals surface area contributed by atoms with Crippen molar-refractivity contribution in [2.45, 2.75) is 37.5 Å². The molecule has 0 bridgehead atoms. The van der Waals surface area contributed by atoms with E-state index in [0.717, 1.165) is 25.1 Å². The molecule has 6 heteroatoms. The molecule has 1 aromatic rings. The van der Waals surface area contributed by atoms with Crippen molar-refractivity contribution in [2.24, 2.45) is 5.92 Å². The first kappa shape index (κ1) is 17.0. The molecule has 0 aromatic heterocycles. The molecule has 5 nitrogen and oxygen atoms in total. The number of piperidine rings is 1. The zero-order valence-corrected chi connectivity index (χ0v) is 14.0. The monoisotopic (exact) mass is 324 g/mol. The molecule has 2 rings (SSSR count). The van der Waals surface area contributed by atoms with Gasteiger partial charge in [0.15, 0.2) is 0 Å². The first-order valence-electron chi connectivity index (χ1n) is 7.72. The minimum absolute atomic E-state index is 0.193. The highest BCUT2D eigenvalue weighted by Crippen LogP contribution is 2.17. The third-order valence-corrected chi connectivity index (χ3v) is 5.57. The van der Waals surface area contributed by atoms with Crippen LogP contribution in [-0.2, 0) is 21.2 Å². The van der Waals surface area contributed by atoms with Gasteiger partial charge in [0.1, 0.15) is 0 Å². The van der Waals surface area contributed by atoms with Crippen LogP contribution in [0.2, 0.25) is 0 Å². The molecule has 1 aromatic carbocycles. The third-order valence-electron chi connectivity index (χ3n) is 4.14. The lowest BCUT2D eigenvalue weighted by Gasteiger charge is -2.31. The Labute approximate surface area is 132 Å². The molecule has 1 amide bonds. The second-order valence-electron chi connectivity index (χ2n) is 5.94. The normalized spacial score (nSPS) is 19.2. The topological polar surface area (TPSA) is 66.5 Å². The van der Waals surface area contributed by atoms with Crippen molar-refractivity contribution >= 4 is 15.9 Å². The summed E-state index contributed by atoms with van der Waals surface area (Å²) in [6.45, 7) is 3.90. The van der Waals surface area contributed by atoms with E-state index in [2.05, 4.69) is 11.6 Å². The third kappa shape index (κ3) is 4.30. The predicted molar refractivity (Wildman–Crippen MR) is 86.0 cm³/mol. The van der Waals surface area contributed by atoms with Crippen LogP contribution in [0.1, 0.15) is 31.7 Å². The van der Waals surface area contributed by atoms with Crippen LogP contribution in [0.5, 0.6) is 0 Å². The van der Waals surface area contributed by atoms with E-state index in [1.165, 1.54) is 13.5 Å². The van der Waals surface area contributed by atoms with E-state index in [4.69, 9.17) is 0 Å². The first-order valence-corrected chi connectivity index (χ1v) is 9.21. The van der Waals surface area contributed by atoms with E-state index < -0.39 is 10.0 Å². The SMILES string of the molecule is CNS(=O)(=O)c1ccc(CCC(=O)N2CCCC(C)C2)cc1. The molecule has 0 radical (unpaired) electrons. The second-order valence-corrected chi connectivity index (χ2v) is 7.83. The Kier molecular flexibility index (Phi) is 5.58. The number of benzene rings is 1. The molecule has 1 atom stereocenters. The number of nitrogens with zero attached hydrogens (tertiary/aromatic N) is 1. The molecule has 1 fully saturated rings. The fourth-order valence-electron chi connectivity index (χ4n) is 2.78. The van der Waals surface area contributed by atoms with Crippen LogP contribution in [0.25, 0.3) is 0 Å². The summed E-state index contributed by atoms with van der Waals surface area (Å²) in [7, 11) is -2.00. The van der Waals surface area contributed by atoms with Gasteiger partial charge in [-0.1, -0.05) is 19.1 Å². The number of carbonyl (C=O) groups is 1. The number of sulfonamides is 1. The zero-order chi connectivity index (χ0) is 16.2. The Bertz CT molecular complexity index is 611. The molecule has 1 saturated heterocycles. The Hall–Kier alpha value is -1.40. The Balaban J connectivity index is 1.90. The van der Waals surface area contributed by atoms with E-state index >= 15 is 0 Å². The summed E-state index contributed by atoms with van der Waals surface area (Å²) < 4.78 is 25.6. The maximum Gasteiger partial charge on any atom is 0.240 e. The average molecular weight is 324 g/mol. The Morgan fingerprint density at radius 3 is 2.59 bits per heavy atom. The number of carbonyl (C=O) groups excluding carboxylic acids is 1. The maximum absolute atomic E-state index is 12.2. The lowest BCUT2D eigenvalue weighted by Crippen LogP contribution is -2.39. The lowest BCUT2D eigenvalue weighted by atomic mass is 9.99. The number of aryl methyl sites for hydroxylation is 1. The van der Waals surface area contributed by atoms with E-state index in [1.807, 2.05) is 4.90 Å². The van der Waals surface area contributed by atoms with E-state index in [1.54, 1.807) is 24.3 Å². The molecule has 0 aliphatic carbocycles. The quantitative estimate of drug-likeness (QED) is 0.898. The fourth-order valence-corrected chi connectivity index (χ4v) is 3.51. The average Bonchev–Trinajstić information content (AvgIpc) is 2.53. The zero-order valence-electron chi connectivity index (χ0n) is 13.2. The lowest BCUT2D eigenvalue weighted by molar-refractivity contribution is -0.132. The number of hydrogen-bond donors (Lipinski definition) is 1. The summed E-state index contributed by atoms with van der Waals surface area (Å²) >= 11 is 0. The Morgan fingerprint density at radius 1 is 1.32 bits per heavy atom. The number of amides is 1. The van der Waals surface area contributed by atoms with E-state index in [9.17, 15) is 13.2 Å². The van der Waals surface area contributed by atoms with Crippen LogP contribution < -0.4 is 4.72 Å². The standard InChI is InChI=1S/C16H24N2O3S/c1-13-4-3-11-18(12-13)16(19)10-7-14-5-8-15(9-6-14)22(20,21)17-2/h5-6,8-9,13,17H,3-4,7,10-12H2,1-2H3. The van der Waals surface area contributed by atoms with Crippen LogP contribution in [0.4, 0.5) is 0 Å². The predicted octanol–water partition coefficient (Wildman–Crippen LogP) is 1.79. The van der Waals surface area contributed by atoms with Crippen LogP contribution in [-0.4, -0.2) is 39.4 Å². The van der Waals surface area contributed by atoms with Gasteiger partial charge in [0, 0.05) is 19.5 Å². The largest absolute Gasteiger partial charge is 0.342 e. The van der Waals surface area contributed by atoms with Crippen molar-refractivity contribution in [3.8, 4) is 0 Å². The fraction of sp³-hybridized carbons (Fsp3) is 0.562. The summed E-state index contributed by atoms with van der Waals surface area (Å²) in [6.07, 6.45) is 3.41. The summed E-state index contributed by atoms with van der Waals surface area (Å²) in [6, 6.07) is 6.70. The van der Waals surface area contributed by atoms with Crippen molar-refractivity contribution in [2.75, 3.05) is 20.1 Å². The van der Waals surface area contributed by atoms with Gasteiger partial charge in [-0.25, -0.2) is 13.1 Å². The summed E-state index contributed by atoms with van der Waals surface area (Å²) in [4.78, 5) is 14.4. The molecule has 0 spiro atoms. The molecular weight excluding hydrogens is 300 g/mol. The van der Waals surface area contributed by atoms with Gasteiger partial charge < -0.3 is 4.90 Å². The van der Waals surface area contributed by atoms with Gasteiger partial charge in [-0.05, 0) is 49.9 Å². The highest BCUT2D eigenvalue weighted by atomic mass is 32.2. The Morgan fingerprint density at radius 2 is 2.00 bits per heavy atom. The number of hydrogen-bond acceptors (Lipinski definition) is 3. The summed E-state index contributed by atoms with van der Waals surface area (Å²) in [5.74, 6) is 0.780. The number of nitrogens with one attached hydrogen (secondary N) is 1. The molecule has 122 valence electrons. The molecule has 1 heterocycles. The first-order chi connectivity index (χ1) is 10.4. The second kappa shape index (κ2) is 7.24. The summed E-state index contributed by atoms with van der Waals surface area (Å²) in [5, 5.41) is 0. The molecular formula is C16H24N2O3S. The van der Waals surface area contributed by atoms with Crippen LogP contribution in [0.3, 0.4) is 0 Å². The van der Waals surface area contributed by atoms with Crippen molar-refractivity contribution < 1.29 is 13.2 Å². The van der Waals surface area contributed by atoms with E-state index in [0.29, 0.717) is 18.8 Å². The highest BCUT2D eigenvalue weighted by Gasteiger charge is 2.20. The van der Waals surface area contributed by atoms with Gasteiger partial charge in [0.2, 0.25) is 15.9 Å². The molecule has 0 saturated carbocycles. The molecule has 1 aliphatic heterocycles. The summed E-state index contributed by atoms with van der Waals surface area (Å²) in [5.41, 5.74) is 0.980. The highest BCUT2D eigenvalue weighted by molar-refractivity contribution is 7.89. The van der Waals surface area contributed by atoms with Gasteiger partial charge in [0.25, 0.3) is 0 Å². The van der Waals surface area contributed by atoms with Gasteiger partial charge in [-0.2, -0.15) is 0 Å². The van der Waals surface area contributed by atoms with E-state index in [-0.39, 0.29) is 10.8 Å². The van der Waals surface area contributed by atoms with Gasteiger partial charge in [-0.15, -0.1) is 0 Å². The van der Waals surface area contributed by atoms with Crippen LogP contribution in [0.15, 0.2) is 29.2 Å². The van der Waals surface area contributed by atoms with Crippen molar-refractivity contribution in [3.05, 3.63) is 29.8 Å². The molecule has 22 heavy (non-hydrogen) atoms. The minimum atomic E-state index is -3.39. The number of likely N-dealkylation sites (tertiary alicyclic amines) is 1. The van der Waals surface area contributed by atoms with Gasteiger partial charge >= 0.3 is 0 Å².